The summed E-state index contributed by atoms with van der Waals surface area (Å²) in [6.07, 6.45) is 7.49. The molecule has 1 aromatic heterocycles. The highest BCUT2D eigenvalue weighted by Gasteiger charge is 2.34. The third-order valence-corrected chi connectivity index (χ3v) is 4.64. The molecule has 1 aliphatic carbocycles. The Morgan fingerprint density at radius 1 is 1.20 bits per heavy atom. The van der Waals surface area contributed by atoms with Crippen molar-refractivity contribution in [2.45, 2.75) is 39.2 Å². The second-order valence-corrected chi connectivity index (χ2v) is 5.90. The molecule has 106 valence electrons. The van der Waals surface area contributed by atoms with Crippen LogP contribution in [-0.4, -0.2) is 16.3 Å². The van der Waals surface area contributed by atoms with Crippen LogP contribution in [0.25, 0.3) is 5.69 Å². The topological polar surface area (TPSA) is 29.9 Å². The number of benzene rings is 1. The number of para-hydroxylation sites is 1. The van der Waals surface area contributed by atoms with Crippen LogP contribution >= 0.6 is 0 Å². The van der Waals surface area contributed by atoms with E-state index in [0.717, 1.165) is 24.5 Å². The van der Waals surface area contributed by atoms with Crippen LogP contribution in [0.1, 0.15) is 38.3 Å². The molecule has 1 saturated carbocycles. The van der Waals surface area contributed by atoms with Gasteiger partial charge in [-0.05, 0) is 42.9 Å². The smallest absolute Gasteiger partial charge is 0.0766 e. The van der Waals surface area contributed by atoms with Crippen LogP contribution in [0.4, 0.5) is 0 Å². The molecule has 3 rings (SSSR count). The fourth-order valence-corrected chi connectivity index (χ4v) is 2.97. The van der Waals surface area contributed by atoms with E-state index in [1.165, 1.54) is 25.7 Å². The molecule has 0 bridgehead atoms. The summed E-state index contributed by atoms with van der Waals surface area (Å²) in [5.41, 5.74) is 2.80. The molecule has 0 spiro atoms. The molecule has 0 aliphatic heterocycles. The van der Waals surface area contributed by atoms with Crippen LogP contribution in [0.2, 0.25) is 0 Å². The number of nitrogens with one attached hydrogen (secondary N) is 1. The van der Waals surface area contributed by atoms with Gasteiger partial charge in [-0.1, -0.05) is 31.5 Å². The van der Waals surface area contributed by atoms with Crippen LogP contribution < -0.4 is 5.32 Å². The zero-order valence-corrected chi connectivity index (χ0v) is 12.2. The summed E-state index contributed by atoms with van der Waals surface area (Å²) in [7, 11) is 0. The average molecular weight is 269 g/mol. The zero-order chi connectivity index (χ0) is 13.8. The molecule has 2 aromatic rings. The fraction of sp³-hybridized carbons (Fsp3) is 0.471. The zero-order valence-electron chi connectivity index (χ0n) is 12.2. The fourth-order valence-electron chi connectivity index (χ4n) is 2.97. The van der Waals surface area contributed by atoms with E-state index < -0.39 is 0 Å². The standard InChI is InChI=1S/C17H23N3/c1-2-17(10-6-11-17)14-18-13-15-9-12-20(19-15)16-7-4-3-5-8-16/h3-5,7-9,12,18H,2,6,10-11,13-14H2,1H3. The summed E-state index contributed by atoms with van der Waals surface area (Å²) in [5, 5.41) is 8.21. The molecule has 3 heteroatoms. The van der Waals surface area contributed by atoms with E-state index in [2.05, 4.69) is 35.5 Å². The molecule has 0 amide bonds. The minimum Gasteiger partial charge on any atom is -0.311 e. The number of hydrogen-bond acceptors (Lipinski definition) is 2. The Balaban J connectivity index is 1.55. The predicted molar refractivity (Wildman–Crippen MR) is 81.8 cm³/mol. The van der Waals surface area contributed by atoms with Crippen molar-refractivity contribution in [1.29, 1.82) is 0 Å². The molecule has 20 heavy (non-hydrogen) atoms. The summed E-state index contributed by atoms with van der Waals surface area (Å²) in [4.78, 5) is 0. The van der Waals surface area contributed by atoms with Gasteiger partial charge in [0, 0.05) is 19.3 Å². The van der Waals surface area contributed by atoms with Gasteiger partial charge in [-0.3, -0.25) is 0 Å². The maximum absolute atomic E-state index is 4.62. The molecule has 0 radical (unpaired) electrons. The van der Waals surface area contributed by atoms with Crippen LogP contribution in [-0.2, 0) is 6.54 Å². The lowest BCUT2D eigenvalue weighted by Crippen LogP contribution is -2.39. The first-order chi connectivity index (χ1) is 9.81. The summed E-state index contributed by atoms with van der Waals surface area (Å²) < 4.78 is 1.94. The molecule has 0 atom stereocenters. The quantitative estimate of drug-likeness (QED) is 0.869. The van der Waals surface area contributed by atoms with E-state index in [-0.39, 0.29) is 0 Å². The van der Waals surface area contributed by atoms with E-state index in [9.17, 15) is 0 Å². The normalized spacial score (nSPS) is 16.9. The lowest BCUT2D eigenvalue weighted by Gasteiger charge is -2.41. The largest absolute Gasteiger partial charge is 0.311 e. The molecule has 0 saturated heterocycles. The van der Waals surface area contributed by atoms with Crippen LogP contribution in [0.5, 0.6) is 0 Å². The van der Waals surface area contributed by atoms with Gasteiger partial charge in [-0.2, -0.15) is 5.10 Å². The Kier molecular flexibility index (Phi) is 3.88. The lowest BCUT2D eigenvalue weighted by atomic mass is 9.67. The van der Waals surface area contributed by atoms with E-state index in [4.69, 9.17) is 0 Å². The Bertz CT molecular complexity index is 535. The van der Waals surface area contributed by atoms with Crippen molar-refractivity contribution in [3.8, 4) is 5.69 Å². The summed E-state index contributed by atoms with van der Waals surface area (Å²) in [5.74, 6) is 0. The van der Waals surface area contributed by atoms with Crippen LogP contribution in [0, 0.1) is 5.41 Å². The van der Waals surface area contributed by atoms with Crippen LogP contribution in [0.3, 0.4) is 0 Å². The number of aromatic nitrogens is 2. The molecule has 1 fully saturated rings. The van der Waals surface area contributed by atoms with Crippen molar-refractivity contribution >= 4 is 0 Å². The molecular weight excluding hydrogens is 246 g/mol. The summed E-state index contributed by atoms with van der Waals surface area (Å²) in [6, 6.07) is 12.3. The Morgan fingerprint density at radius 3 is 2.65 bits per heavy atom. The third kappa shape index (κ3) is 2.78. The van der Waals surface area contributed by atoms with Gasteiger partial charge < -0.3 is 5.32 Å². The minimum atomic E-state index is 0.571. The van der Waals surface area contributed by atoms with Crippen molar-refractivity contribution in [2.24, 2.45) is 5.41 Å². The van der Waals surface area contributed by atoms with Crippen molar-refractivity contribution < 1.29 is 0 Å². The highest BCUT2D eigenvalue weighted by Crippen LogP contribution is 2.43. The SMILES string of the molecule is CCC1(CNCc2ccn(-c3ccccc3)n2)CCC1. The van der Waals surface area contributed by atoms with Gasteiger partial charge in [0.05, 0.1) is 11.4 Å². The van der Waals surface area contributed by atoms with Gasteiger partial charge in [0.1, 0.15) is 0 Å². The highest BCUT2D eigenvalue weighted by molar-refractivity contribution is 5.30. The van der Waals surface area contributed by atoms with E-state index >= 15 is 0 Å². The molecule has 3 nitrogen and oxygen atoms in total. The monoisotopic (exact) mass is 269 g/mol. The molecule has 1 N–H and O–H groups in total. The van der Waals surface area contributed by atoms with Gasteiger partial charge in [0.15, 0.2) is 0 Å². The molecule has 0 unspecified atom stereocenters. The maximum atomic E-state index is 4.62. The average Bonchev–Trinajstić information content (AvgIpc) is 2.92. The Morgan fingerprint density at radius 2 is 2.00 bits per heavy atom. The first kappa shape index (κ1) is 13.4. The van der Waals surface area contributed by atoms with Gasteiger partial charge in [0.2, 0.25) is 0 Å². The first-order valence-corrected chi connectivity index (χ1v) is 7.62. The van der Waals surface area contributed by atoms with E-state index in [0.29, 0.717) is 5.41 Å². The van der Waals surface area contributed by atoms with Crippen molar-refractivity contribution in [1.82, 2.24) is 15.1 Å². The summed E-state index contributed by atoms with van der Waals surface area (Å²) in [6.45, 7) is 4.30. The number of hydrogen-bond donors (Lipinski definition) is 1. The number of nitrogens with zero attached hydrogens (tertiary/aromatic N) is 2. The molecule has 1 aliphatic rings. The second-order valence-electron chi connectivity index (χ2n) is 5.90. The molecule has 1 aromatic carbocycles. The van der Waals surface area contributed by atoms with Crippen molar-refractivity contribution in [3.05, 3.63) is 48.3 Å². The van der Waals surface area contributed by atoms with Crippen molar-refractivity contribution in [3.63, 3.8) is 0 Å². The summed E-state index contributed by atoms with van der Waals surface area (Å²) >= 11 is 0. The highest BCUT2D eigenvalue weighted by atomic mass is 15.3. The molecular formula is C17H23N3. The van der Waals surface area contributed by atoms with Crippen molar-refractivity contribution in [2.75, 3.05) is 6.54 Å². The third-order valence-electron chi connectivity index (χ3n) is 4.64. The van der Waals surface area contributed by atoms with Crippen LogP contribution in [0.15, 0.2) is 42.6 Å². The second kappa shape index (κ2) is 5.80. The minimum absolute atomic E-state index is 0.571. The first-order valence-electron chi connectivity index (χ1n) is 7.62. The maximum Gasteiger partial charge on any atom is 0.0766 e. The van der Waals surface area contributed by atoms with Gasteiger partial charge in [-0.15, -0.1) is 0 Å². The molecule has 1 heterocycles. The van der Waals surface area contributed by atoms with Gasteiger partial charge in [0.25, 0.3) is 0 Å². The van der Waals surface area contributed by atoms with E-state index in [1.54, 1.807) is 0 Å². The lowest BCUT2D eigenvalue weighted by molar-refractivity contribution is 0.123. The van der Waals surface area contributed by atoms with E-state index in [1.807, 2.05) is 29.1 Å². The van der Waals surface area contributed by atoms with Gasteiger partial charge >= 0.3 is 0 Å². The Labute approximate surface area is 121 Å². The predicted octanol–water partition coefficient (Wildman–Crippen LogP) is 3.54. The Hall–Kier alpha value is -1.61. The van der Waals surface area contributed by atoms with Gasteiger partial charge in [-0.25, -0.2) is 4.68 Å². The number of rotatable bonds is 6.